The molecule has 110 valence electrons. The Labute approximate surface area is 132 Å². The van der Waals surface area contributed by atoms with Crippen molar-refractivity contribution in [2.75, 3.05) is 6.54 Å². The van der Waals surface area contributed by atoms with Gasteiger partial charge in [0.2, 0.25) is 0 Å². The van der Waals surface area contributed by atoms with Crippen LogP contribution in [0.3, 0.4) is 0 Å². The average molecular weight is 349 g/mol. The van der Waals surface area contributed by atoms with Crippen LogP contribution in [-0.4, -0.2) is 11.5 Å². The second kappa shape index (κ2) is 7.33. The maximum atomic E-state index is 10.7. The molecule has 0 aliphatic rings. The molecule has 0 atom stereocenters. The van der Waals surface area contributed by atoms with Gasteiger partial charge in [0, 0.05) is 23.2 Å². The quantitative estimate of drug-likeness (QED) is 0.487. The Bertz CT molecular complexity index is 644. The molecule has 0 fully saturated rings. The highest BCUT2D eigenvalue weighted by molar-refractivity contribution is 9.10. The molecule has 2 aromatic carbocycles. The number of hydrogen-bond donors (Lipinski definition) is 1. The first-order valence-electron chi connectivity index (χ1n) is 6.76. The van der Waals surface area contributed by atoms with E-state index in [1.165, 1.54) is 17.2 Å². The number of aryl methyl sites for hydroxylation is 1. The number of nitro groups is 1. The van der Waals surface area contributed by atoms with Gasteiger partial charge in [-0.25, -0.2) is 0 Å². The van der Waals surface area contributed by atoms with Gasteiger partial charge in [0.05, 0.1) is 4.92 Å². The second-order valence-corrected chi connectivity index (χ2v) is 5.74. The van der Waals surface area contributed by atoms with Gasteiger partial charge in [0.1, 0.15) is 0 Å². The minimum atomic E-state index is -0.389. The molecule has 21 heavy (non-hydrogen) atoms. The summed E-state index contributed by atoms with van der Waals surface area (Å²) >= 11 is 3.38. The Morgan fingerprint density at radius 2 is 1.95 bits per heavy atom. The van der Waals surface area contributed by atoms with Crippen molar-refractivity contribution in [3.8, 4) is 0 Å². The van der Waals surface area contributed by atoms with Crippen LogP contribution < -0.4 is 5.32 Å². The highest BCUT2D eigenvalue weighted by atomic mass is 79.9. The molecule has 0 aliphatic heterocycles. The van der Waals surface area contributed by atoms with E-state index < -0.39 is 0 Å². The van der Waals surface area contributed by atoms with Crippen LogP contribution in [0, 0.1) is 17.0 Å². The fraction of sp³-hybridized carbons (Fsp3) is 0.250. The van der Waals surface area contributed by atoms with Crippen molar-refractivity contribution in [3.63, 3.8) is 0 Å². The zero-order valence-corrected chi connectivity index (χ0v) is 13.4. The van der Waals surface area contributed by atoms with Gasteiger partial charge in [-0.3, -0.25) is 10.1 Å². The summed E-state index contributed by atoms with van der Waals surface area (Å²) in [7, 11) is 0. The van der Waals surface area contributed by atoms with Gasteiger partial charge in [-0.05, 0) is 42.6 Å². The van der Waals surface area contributed by atoms with Crippen LogP contribution in [0.1, 0.15) is 16.7 Å². The van der Waals surface area contributed by atoms with Crippen LogP contribution in [0.5, 0.6) is 0 Å². The van der Waals surface area contributed by atoms with Gasteiger partial charge < -0.3 is 5.32 Å². The minimum Gasteiger partial charge on any atom is -0.312 e. The predicted octanol–water partition coefficient (Wildman–Crippen LogP) is 4.00. The lowest BCUT2D eigenvalue weighted by atomic mass is 10.1. The predicted molar refractivity (Wildman–Crippen MR) is 87.4 cm³/mol. The highest BCUT2D eigenvalue weighted by Gasteiger charge is 2.08. The van der Waals surface area contributed by atoms with Crippen molar-refractivity contribution in [2.45, 2.75) is 19.9 Å². The molecule has 0 saturated carbocycles. The molecule has 0 spiro atoms. The summed E-state index contributed by atoms with van der Waals surface area (Å²) in [4.78, 5) is 10.3. The van der Waals surface area contributed by atoms with Crippen molar-refractivity contribution in [1.82, 2.24) is 5.32 Å². The van der Waals surface area contributed by atoms with Crippen LogP contribution in [0.15, 0.2) is 46.9 Å². The third-order valence-corrected chi connectivity index (χ3v) is 4.13. The third-order valence-electron chi connectivity index (χ3n) is 3.40. The largest absolute Gasteiger partial charge is 0.312 e. The van der Waals surface area contributed by atoms with E-state index in [1.807, 2.05) is 6.07 Å². The molecule has 0 saturated heterocycles. The lowest BCUT2D eigenvalue weighted by Crippen LogP contribution is -2.17. The van der Waals surface area contributed by atoms with Crippen LogP contribution >= 0.6 is 15.9 Å². The van der Waals surface area contributed by atoms with Gasteiger partial charge >= 0.3 is 0 Å². The van der Waals surface area contributed by atoms with Crippen molar-refractivity contribution in [1.29, 1.82) is 0 Å². The summed E-state index contributed by atoms with van der Waals surface area (Å²) in [6.45, 7) is 3.67. The standard InChI is InChI=1S/C16H17BrN2O2/c1-12-4-2-3-5-13(12)8-9-18-11-14-6-7-15(19(20)21)10-16(14)17/h2-7,10,18H,8-9,11H2,1H3. The Hall–Kier alpha value is -1.72. The number of rotatable bonds is 6. The fourth-order valence-corrected chi connectivity index (χ4v) is 2.64. The van der Waals surface area contributed by atoms with E-state index in [1.54, 1.807) is 12.1 Å². The third kappa shape index (κ3) is 4.37. The Balaban J connectivity index is 1.87. The molecule has 0 unspecified atom stereocenters. The zero-order chi connectivity index (χ0) is 15.2. The second-order valence-electron chi connectivity index (χ2n) is 4.89. The van der Waals surface area contributed by atoms with Crippen molar-refractivity contribution in [2.24, 2.45) is 0 Å². The molecule has 1 N–H and O–H groups in total. The smallest absolute Gasteiger partial charge is 0.270 e. The number of hydrogen-bond acceptors (Lipinski definition) is 3. The van der Waals surface area contributed by atoms with E-state index in [0.29, 0.717) is 6.54 Å². The minimum absolute atomic E-state index is 0.102. The summed E-state index contributed by atoms with van der Waals surface area (Å²) in [6.07, 6.45) is 0.970. The van der Waals surface area contributed by atoms with Gasteiger partial charge in [-0.1, -0.05) is 40.2 Å². The first kappa shape index (κ1) is 15.7. The number of nitro benzene ring substituents is 1. The molecule has 0 heterocycles. The molecule has 0 aromatic heterocycles. The lowest BCUT2D eigenvalue weighted by molar-refractivity contribution is -0.384. The molecular weight excluding hydrogens is 332 g/mol. The Morgan fingerprint density at radius 1 is 1.19 bits per heavy atom. The van der Waals surface area contributed by atoms with Crippen molar-refractivity contribution >= 4 is 21.6 Å². The molecule has 0 aliphatic carbocycles. The summed E-state index contributed by atoms with van der Waals surface area (Å²) < 4.78 is 0.764. The van der Waals surface area contributed by atoms with E-state index in [0.717, 1.165) is 23.0 Å². The maximum Gasteiger partial charge on any atom is 0.270 e. The highest BCUT2D eigenvalue weighted by Crippen LogP contribution is 2.22. The monoisotopic (exact) mass is 348 g/mol. The summed E-state index contributed by atoms with van der Waals surface area (Å²) in [5, 5.41) is 14.0. The van der Waals surface area contributed by atoms with E-state index in [9.17, 15) is 10.1 Å². The van der Waals surface area contributed by atoms with E-state index in [-0.39, 0.29) is 10.6 Å². The number of nitrogens with one attached hydrogen (secondary N) is 1. The number of halogens is 1. The van der Waals surface area contributed by atoms with Crippen LogP contribution in [0.4, 0.5) is 5.69 Å². The Kier molecular flexibility index (Phi) is 5.47. The van der Waals surface area contributed by atoms with Gasteiger partial charge in [-0.15, -0.1) is 0 Å². The molecule has 0 amide bonds. The van der Waals surface area contributed by atoms with E-state index >= 15 is 0 Å². The summed E-state index contributed by atoms with van der Waals surface area (Å²) in [5.41, 5.74) is 3.76. The SMILES string of the molecule is Cc1ccccc1CCNCc1ccc([N+](=O)[O-])cc1Br. The first-order chi connectivity index (χ1) is 10.1. The van der Waals surface area contributed by atoms with E-state index in [2.05, 4.69) is 46.4 Å². The van der Waals surface area contributed by atoms with E-state index in [4.69, 9.17) is 0 Å². The summed E-state index contributed by atoms with van der Waals surface area (Å²) in [5.74, 6) is 0. The van der Waals surface area contributed by atoms with Gasteiger partial charge in [0.15, 0.2) is 0 Å². The fourth-order valence-electron chi connectivity index (χ4n) is 2.13. The topological polar surface area (TPSA) is 55.2 Å². The van der Waals surface area contributed by atoms with Crippen molar-refractivity contribution < 1.29 is 4.92 Å². The molecule has 2 aromatic rings. The molecule has 0 radical (unpaired) electrons. The maximum absolute atomic E-state index is 10.7. The lowest BCUT2D eigenvalue weighted by Gasteiger charge is -2.08. The van der Waals surface area contributed by atoms with Crippen LogP contribution in [-0.2, 0) is 13.0 Å². The normalized spacial score (nSPS) is 10.6. The molecule has 4 nitrogen and oxygen atoms in total. The molecule has 2 rings (SSSR count). The number of nitrogens with zero attached hydrogens (tertiary/aromatic N) is 1. The Morgan fingerprint density at radius 3 is 2.62 bits per heavy atom. The molecule has 5 heteroatoms. The molecular formula is C16H17BrN2O2. The van der Waals surface area contributed by atoms with Gasteiger partial charge in [0.25, 0.3) is 5.69 Å². The van der Waals surface area contributed by atoms with Gasteiger partial charge in [-0.2, -0.15) is 0 Å². The van der Waals surface area contributed by atoms with Crippen LogP contribution in [0.2, 0.25) is 0 Å². The number of non-ortho nitro benzene ring substituents is 1. The van der Waals surface area contributed by atoms with Crippen LogP contribution in [0.25, 0.3) is 0 Å². The first-order valence-corrected chi connectivity index (χ1v) is 7.55. The average Bonchev–Trinajstić information content (AvgIpc) is 2.46. The molecule has 0 bridgehead atoms. The zero-order valence-electron chi connectivity index (χ0n) is 11.8. The van der Waals surface area contributed by atoms with Crippen molar-refractivity contribution in [3.05, 3.63) is 73.7 Å². The summed E-state index contributed by atoms with van der Waals surface area (Å²) in [6, 6.07) is 13.2. The number of benzene rings is 2.